The second-order valence-electron chi connectivity index (χ2n) is 48.1. The SMILES string of the molecule is C1CC2CC1C1CC3OC3C21.C1CC2CC1C1CC3OC3C21.CC1(c2cccc(C3(C)CO3)c2)CO1.CC1CC2OC2CC1COc1cccc(OCC2CC3OC3CC2C)c1.COCc1cccc(COC)c1.c1cc(C2CO2)cc(C2CO2)c1.c1cc(COC2CCCC3OC23)cc(COC2CCCC3OC23)c1.c1cc(OCC2CO2)c2c(c1)C(OCC1CO1)CCC2.c1ccc2c(OCC3CO3)cc(OCC3CO3)cc2c1. The number of methoxy groups -OCH3 is 2. The van der Waals surface area contributed by atoms with Gasteiger partial charge in [-0.3, -0.25) is 0 Å². The second kappa shape index (κ2) is 45.8. The third-order valence-electron chi connectivity index (χ3n) is 36.9. The van der Waals surface area contributed by atoms with E-state index in [0.29, 0.717) is 150 Å². The van der Waals surface area contributed by atoms with Crippen LogP contribution < -0.4 is 23.7 Å². The van der Waals surface area contributed by atoms with E-state index in [2.05, 4.69) is 137 Å². The maximum absolute atomic E-state index is 6.11. The molecule has 35 unspecified atom stereocenters. The van der Waals surface area contributed by atoms with Gasteiger partial charge in [0.15, 0.2) is 0 Å². The summed E-state index contributed by atoms with van der Waals surface area (Å²) in [6.07, 6.45) is 36.6. The lowest BCUT2D eigenvalue weighted by molar-refractivity contribution is 0.0110. The molecular weight excluding hydrogens is 1900 g/mol. The molecule has 10 saturated carbocycles. The molecule has 24 heteroatoms. The smallest absolute Gasteiger partial charge is 0.130 e. The Bertz CT molecular complexity index is 5600. The standard InChI is InChI=1S/C22H30O4.C20H26O4.C16H20O4.C16H16O4.C12H14O2.C10H10O2.C10H14O2.2C10H14O/c1-13-6-19-21(25-19)8-15(13)11-23-17-4-3-5-18(10-17)24-12-16-9-22-20(26-22)7-14(16)2;1-4-13(11-21-15-6-2-8-17-19(15)23-17)10-14(5-1)12-22-16-7-3-9-18-20(16)24-18;1-3-13-14(15(5-1)19-9-11-7-17-11)4-2-6-16(13)20-10-12-8-18-12;1-2-4-15-11(3-1)5-12(17-7-13-8-18-13)6-16(15)20-10-14-9-19-14;1-11(7-13-11)9-4-3-5-10(6-9)12(2)8-14-12;1-2-7(9-5-11-9)4-8(3-1)10-6-12-10;1-11-7-9-4-3-5-10(6-9)8-12-2;2*1-2-6-3-5(1)7-4-8-10(11-8)9(6)7/h3-5,10,13-16,19-22H,6-9,11-12H2,1-2H3;1,4-5,10,15-20H,2-3,6-9,11-12H2;1,3,5,11-12,16H,2,4,6-10H2;1-6,13-14H,7-10H2;3-6H,7-8H2,1-2H3;1-4,9-10H,5-6H2;3-6H,7-8H2,1-2H3;2*5-10H,1-4H2. The minimum absolute atomic E-state index is 0.0265. The van der Waals surface area contributed by atoms with Gasteiger partial charge in [0.25, 0.3) is 0 Å². The topological polar surface area (TPSA) is 268 Å². The van der Waals surface area contributed by atoms with Crippen molar-refractivity contribution in [2.45, 2.75) is 328 Å². The Morgan fingerprint density at radius 2 is 0.793 bits per heavy atom. The lowest BCUT2D eigenvalue weighted by atomic mass is 9.81. The van der Waals surface area contributed by atoms with E-state index in [-0.39, 0.29) is 41.7 Å². The molecule has 0 amide bonds. The molecule has 0 aromatic heterocycles. The molecule has 0 N–H and O–H groups in total. The highest BCUT2D eigenvalue weighted by atomic mass is 16.7. The Labute approximate surface area is 885 Å². The highest BCUT2D eigenvalue weighted by Crippen LogP contribution is 2.66. The van der Waals surface area contributed by atoms with Crippen LogP contribution >= 0.6 is 0 Å². The van der Waals surface area contributed by atoms with Gasteiger partial charge in [-0.05, 0) is 311 Å². The third kappa shape index (κ3) is 26.4. The molecule has 8 aromatic rings. The first-order valence-electron chi connectivity index (χ1n) is 57.6. The minimum Gasteiger partial charge on any atom is -0.493 e. The highest BCUT2D eigenvalue weighted by molar-refractivity contribution is 5.89. The molecule has 24 nitrogen and oxygen atoms in total. The zero-order valence-corrected chi connectivity index (χ0v) is 88.7. The second-order valence-corrected chi connectivity index (χ2v) is 48.1. The van der Waals surface area contributed by atoms with Gasteiger partial charge < -0.3 is 114 Å². The van der Waals surface area contributed by atoms with Crippen LogP contribution in [0.15, 0.2) is 176 Å². The number of rotatable bonds is 32. The Balaban J connectivity index is 0.0000000887. The molecule has 806 valence electrons. The molecule has 33 rings (SSSR count). The molecular formula is C126H158O24. The average Bonchev–Trinajstić information content (AvgIpc) is 1.55. The summed E-state index contributed by atoms with van der Waals surface area (Å²) in [5.41, 5.74) is 12.5. The minimum atomic E-state index is -0.0265. The van der Waals surface area contributed by atoms with Crippen molar-refractivity contribution >= 4 is 10.8 Å². The molecule has 14 aliphatic heterocycles. The Morgan fingerprint density at radius 3 is 1.31 bits per heavy atom. The van der Waals surface area contributed by atoms with Crippen molar-refractivity contribution in [3.8, 4) is 28.7 Å². The van der Waals surface area contributed by atoms with E-state index in [9.17, 15) is 0 Å². The number of hydrogen-bond donors (Lipinski definition) is 0. The fourth-order valence-electron chi connectivity index (χ4n) is 27.1. The van der Waals surface area contributed by atoms with Gasteiger partial charge in [0.2, 0.25) is 0 Å². The Hall–Kier alpha value is -7.74. The maximum atomic E-state index is 6.11. The molecule has 150 heavy (non-hydrogen) atoms. The summed E-state index contributed by atoms with van der Waals surface area (Å²) < 4.78 is 134. The lowest BCUT2D eigenvalue weighted by Gasteiger charge is -2.27. The Kier molecular flexibility index (Phi) is 31.4. The van der Waals surface area contributed by atoms with E-state index in [1.165, 1.54) is 120 Å². The van der Waals surface area contributed by atoms with Crippen molar-refractivity contribution < 1.29 is 114 Å². The third-order valence-corrected chi connectivity index (χ3v) is 36.9. The normalized spacial score (nSPS) is 38.4. The summed E-state index contributed by atoms with van der Waals surface area (Å²) in [5, 5.41) is 2.22. The highest BCUT2D eigenvalue weighted by Gasteiger charge is 2.66. The number of fused-ring (bicyclic) bond motifs is 20. The molecule has 8 aromatic carbocycles. The van der Waals surface area contributed by atoms with Crippen molar-refractivity contribution in [2.24, 2.45) is 71.0 Å². The number of epoxide rings is 14. The van der Waals surface area contributed by atoms with Crippen molar-refractivity contribution in [3.05, 3.63) is 232 Å². The molecule has 24 fully saturated rings. The van der Waals surface area contributed by atoms with Crippen LogP contribution in [0.5, 0.6) is 28.7 Å². The van der Waals surface area contributed by atoms with E-state index < -0.39 is 0 Å². The molecule has 35 atom stereocenters. The average molecular weight is 2060 g/mol. The van der Waals surface area contributed by atoms with E-state index in [4.69, 9.17) is 114 Å². The van der Waals surface area contributed by atoms with Crippen molar-refractivity contribution in [1.29, 1.82) is 0 Å². The first-order valence-corrected chi connectivity index (χ1v) is 57.6. The van der Waals surface area contributed by atoms with E-state index in [1.54, 1.807) is 39.9 Å². The van der Waals surface area contributed by atoms with Crippen molar-refractivity contribution in [2.75, 3.05) is 107 Å². The largest absolute Gasteiger partial charge is 0.493 e. The fourth-order valence-corrected chi connectivity index (χ4v) is 27.1. The monoisotopic (exact) mass is 2060 g/mol. The Morgan fingerprint density at radius 1 is 0.333 bits per heavy atom. The molecule has 11 aliphatic carbocycles. The van der Waals surface area contributed by atoms with Crippen LogP contribution in [0.1, 0.15) is 230 Å². The van der Waals surface area contributed by atoms with Crippen LogP contribution in [0.25, 0.3) is 10.8 Å². The van der Waals surface area contributed by atoms with Gasteiger partial charge in [-0.25, -0.2) is 0 Å². The summed E-state index contributed by atoms with van der Waals surface area (Å²) >= 11 is 0. The number of benzene rings is 8. The van der Waals surface area contributed by atoms with Gasteiger partial charge >= 0.3 is 0 Å². The molecule has 4 bridgehead atoms. The van der Waals surface area contributed by atoms with Gasteiger partial charge in [-0.2, -0.15) is 0 Å². The van der Waals surface area contributed by atoms with Gasteiger partial charge in [0, 0.05) is 31.7 Å². The summed E-state index contributed by atoms with van der Waals surface area (Å²) in [6, 6.07) is 60.4. The molecule has 0 spiro atoms. The zero-order valence-electron chi connectivity index (χ0n) is 88.7. The van der Waals surface area contributed by atoms with Gasteiger partial charge in [0.1, 0.15) is 109 Å². The van der Waals surface area contributed by atoms with E-state index >= 15 is 0 Å². The lowest BCUT2D eigenvalue weighted by Crippen LogP contribution is -2.27. The van der Waals surface area contributed by atoms with Crippen LogP contribution in [-0.4, -0.2) is 217 Å². The quantitative estimate of drug-likeness (QED) is 0.0354. The molecule has 25 aliphatic rings. The van der Waals surface area contributed by atoms with Gasteiger partial charge in [-0.15, -0.1) is 0 Å². The van der Waals surface area contributed by atoms with E-state index in [1.807, 2.05) is 66.7 Å². The summed E-state index contributed by atoms with van der Waals surface area (Å²) in [4.78, 5) is 0. The molecule has 14 saturated heterocycles. The van der Waals surface area contributed by atoms with Crippen molar-refractivity contribution in [3.63, 3.8) is 0 Å². The van der Waals surface area contributed by atoms with Crippen molar-refractivity contribution in [1.82, 2.24) is 0 Å². The summed E-state index contributed by atoms with van der Waals surface area (Å²) in [6.45, 7) is 22.4. The van der Waals surface area contributed by atoms with Crippen LogP contribution in [0.4, 0.5) is 0 Å². The number of ether oxygens (including phenoxy) is 24. The molecule has 14 heterocycles. The summed E-state index contributed by atoms with van der Waals surface area (Å²) in [5.74, 6) is 15.8. The van der Waals surface area contributed by atoms with Gasteiger partial charge in [-0.1, -0.05) is 147 Å². The van der Waals surface area contributed by atoms with Crippen LogP contribution in [0, 0.1) is 71.0 Å². The summed E-state index contributed by atoms with van der Waals surface area (Å²) in [7, 11) is 3.39. The predicted octanol–water partition coefficient (Wildman–Crippen LogP) is 21.7. The predicted molar refractivity (Wildman–Crippen MR) is 562 cm³/mol. The van der Waals surface area contributed by atoms with Crippen LogP contribution in [0.2, 0.25) is 0 Å². The zero-order chi connectivity index (χ0) is 101. The van der Waals surface area contributed by atoms with Crippen LogP contribution in [0.3, 0.4) is 0 Å². The van der Waals surface area contributed by atoms with E-state index in [0.717, 1.165) is 222 Å². The number of hydrogen-bond acceptors (Lipinski definition) is 24. The molecule has 0 radical (unpaired) electrons. The maximum Gasteiger partial charge on any atom is 0.130 e. The van der Waals surface area contributed by atoms with Gasteiger partial charge in [0.05, 0.1) is 178 Å². The van der Waals surface area contributed by atoms with Crippen LogP contribution in [-0.2, 0) is 134 Å². The first kappa shape index (κ1) is 103. The fraction of sp³-hybridized carbons (Fsp3) is 0.635. The first-order chi connectivity index (χ1) is 73.6.